The molecule has 11 heteroatoms. The SMILES string of the molecule is Cc1cc(C)n(CCC(=O)N2CCCOc3cccc(c3)[C@H]3CN(C(=O)Cc4csc(C)n4)C[C@@H]3C(=O)NCC2)n1. The van der Waals surface area contributed by atoms with E-state index < -0.39 is 5.92 Å². The number of hydrogen-bond donors (Lipinski definition) is 1. The van der Waals surface area contributed by atoms with Crippen LogP contribution >= 0.6 is 11.3 Å². The molecule has 0 spiro atoms. The van der Waals surface area contributed by atoms with Gasteiger partial charge in [0, 0.05) is 62.7 Å². The molecule has 218 valence electrons. The Kier molecular flexibility index (Phi) is 9.02. The van der Waals surface area contributed by atoms with Gasteiger partial charge in [0.15, 0.2) is 0 Å². The van der Waals surface area contributed by atoms with E-state index >= 15 is 0 Å². The molecule has 3 amide bonds. The Hall–Kier alpha value is -3.73. The van der Waals surface area contributed by atoms with Crippen molar-refractivity contribution in [2.45, 2.75) is 52.5 Å². The van der Waals surface area contributed by atoms with Gasteiger partial charge in [-0.25, -0.2) is 4.98 Å². The highest BCUT2D eigenvalue weighted by Crippen LogP contribution is 2.35. The summed E-state index contributed by atoms with van der Waals surface area (Å²) in [5.41, 5.74) is 3.71. The second-order valence-electron chi connectivity index (χ2n) is 10.9. The first kappa shape index (κ1) is 28.8. The second kappa shape index (κ2) is 12.8. The van der Waals surface area contributed by atoms with Crippen LogP contribution in [-0.2, 0) is 27.3 Å². The molecule has 0 radical (unpaired) electrons. The van der Waals surface area contributed by atoms with E-state index in [1.165, 1.54) is 11.3 Å². The fraction of sp³-hybridized carbons (Fsp3) is 0.500. The van der Waals surface area contributed by atoms with Crippen LogP contribution in [0.3, 0.4) is 0 Å². The van der Waals surface area contributed by atoms with E-state index in [0.29, 0.717) is 58.7 Å². The van der Waals surface area contributed by atoms with Crippen LogP contribution in [0.1, 0.15) is 46.4 Å². The standard InChI is InChI=1S/C30H38N6O4S/c1-20-14-21(2)36(33-20)11-8-28(37)34-10-5-13-40-25-7-4-6-23(15-25)26-17-35(18-27(26)30(39)31-9-12-34)29(38)16-24-19-41-22(3)32-24/h4,6-7,14-15,19,26-27H,5,8-13,16-18H2,1-3H3,(H,31,39)/t26-,27+/m1/s1. The zero-order chi connectivity index (χ0) is 28.9. The number of benzene rings is 1. The summed E-state index contributed by atoms with van der Waals surface area (Å²) < 4.78 is 7.92. The number of ether oxygens (including phenoxy) is 1. The van der Waals surface area contributed by atoms with Crippen LogP contribution in [-0.4, -0.2) is 81.6 Å². The van der Waals surface area contributed by atoms with Crippen molar-refractivity contribution < 1.29 is 19.1 Å². The van der Waals surface area contributed by atoms with Crippen LogP contribution in [0.15, 0.2) is 35.7 Å². The number of thiazole rings is 1. The zero-order valence-electron chi connectivity index (χ0n) is 24.0. The van der Waals surface area contributed by atoms with E-state index in [2.05, 4.69) is 15.4 Å². The van der Waals surface area contributed by atoms with Crippen molar-refractivity contribution in [1.82, 2.24) is 29.9 Å². The van der Waals surface area contributed by atoms with Crippen molar-refractivity contribution >= 4 is 29.1 Å². The molecule has 41 heavy (non-hydrogen) atoms. The predicted octanol–water partition coefficient (Wildman–Crippen LogP) is 2.87. The van der Waals surface area contributed by atoms with Gasteiger partial charge in [-0.2, -0.15) is 5.10 Å². The third-order valence-corrected chi connectivity index (χ3v) is 8.63. The number of rotatable bonds is 5. The van der Waals surface area contributed by atoms with Crippen molar-refractivity contribution in [2.24, 2.45) is 5.92 Å². The summed E-state index contributed by atoms with van der Waals surface area (Å²) in [6, 6.07) is 9.82. The van der Waals surface area contributed by atoms with Crippen molar-refractivity contribution in [3.63, 3.8) is 0 Å². The van der Waals surface area contributed by atoms with Crippen molar-refractivity contribution in [2.75, 3.05) is 39.3 Å². The molecule has 2 aliphatic heterocycles. The van der Waals surface area contributed by atoms with Gasteiger partial charge in [0.25, 0.3) is 0 Å². The monoisotopic (exact) mass is 578 g/mol. The van der Waals surface area contributed by atoms with E-state index in [-0.39, 0.29) is 30.1 Å². The molecule has 1 N–H and O–H groups in total. The number of carbonyl (C=O) groups is 3. The van der Waals surface area contributed by atoms with E-state index in [0.717, 1.165) is 33.4 Å². The van der Waals surface area contributed by atoms with Crippen molar-refractivity contribution in [3.05, 3.63) is 63.4 Å². The Bertz CT molecular complexity index is 1400. The fourth-order valence-corrected chi connectivity index (χ4v) is 6.33. The summed E-state index contributed by atoms with van der Waals surface area (Å²) in [7, 11) is 0. The van der Waals surface area contributed by atoms with Gasteiger partial charge in [0.2, 0.25) is 17.7 Å². The highest BCUT2D eigenvalue weighted by atomic mass is 32.1. The molecule has 5 rings (SSSR count). The molecule has 3 aromatic rings. The number of amides is 3. The predicted molar refractivity (Wildman–Crippen MR) is 156 cm³/mol. The molecule has 1 saturated heterocycles. The molecular formula is C30H38N6O4S. The van der Waals surface area contributed by atoms with Gasteiger partial charge in [-0.05, 0) is 51.0 Å². The Morgan fingerprint density at radius 1 is 1.07 bits per heavy atom. The van der Waals surface area contributed by atoms with E-state index in [9.17, 15) is 14.4 Å². The number of carbonyl (C=O) groups excluding carboxylic acids is 3. The quantitative estimate of drug-likeness (QED) is 0.499. The summed E-state index contributed by atoms with van der Waals surface area (Å²) in [6.45, 7) is 8.94. The highest BCUT2D eigenvalue weighted by molar-refractivity contribution is 7.09. The molecule has 2 bridgehead atoms. The minimum absolute atomic E-state index is 0.0219. The first-order valence-electron chi connectivity index (χ1n) is 14.2. The number of likely N-dealkylation sites (tertiary alicyclic amines) is 1. The van der Waals surface area contributed by atoms with Crippen LogP contribution in [0.5, 0.6) is 5.75 Å². The lowest BCUT2D eigenvalue weighted by Crippen LogP contribution is -2.42. The van der Waals surface area contributed by atoms with Gasteiger partial charge < -0.3 is 19.9 Å². The Balaban J connectivity index is 1.28. The minimum atomic E-state index is -0.399. The van der Waals surface area contributed by atoms with E-state index in [4.69, 9.17) is 4.74 Å². The van der Waals surface area contributed by atoms with E-state index in [1.807, 2.05) is 61.2 Å². The smallest absolute Gasteiger partial charge is 0.228 e. The second-order valence-corrected chi connectivity index (χ2v) is 12.0. The Morgan fingerprint density at radius 2 is 1.90 bits per heavy atom. The van der Waals surface area contributed by atoms with Crippen LogP contribution in [0.4, 0.5) is 0 Å². The molecule has 2 atom stereocenters. The number of nitrogens with one attached hydrogen (secondary N) is 1. The molecule has 2 aromatic heterocycles. The molecule has 1 aromatic carbocycles. The number of aryl methyl sites for hydroxylation is 4. The summed E-state index contributed by atoms with van der Waals surface area (Å²) in [4.78, 5) is 47.9. The average Bonchev–Trinajstić information content (AvgIpc) is 3.66. The maximum atomic E-state index is 13.5. The summed E-state index contributed by atoms with van der Waals surface area (Å²) in [5.74, 6) is 0.0664. The van der Waals surface area contributed by atoms with Gasteiger partial charge in [0.1, 0.15) is 5.75 Å². The van der Waals surface area contributed by atoms with Gasteiger partial charge in [-0.1, -0.05) is 12.1 Å². The van der Waals surface area contributed by atoms with Crippen molar-refractivity contribution in [1.29, 1.82) is 0 Å². The number of fused-ring (bicyclic) bond motifs is 4. The Labute approximate surface area is 244 Å². The summed E-state index contributed by atoms with van der Waals surface area (Å²) >= 11 is 1.53. The molecule has 4 heterocycles. The van der Waals surface area contributed by atoms with E-state index in [1.54, 1.807) is 9.80 Å². The normalized spacial score (nSPS) is 19.7. The Morgan fingerprint density at radius 3 is 2.66 bits per heavy atom. The third-order valence-electron chi connectivity index (χ3n) is 7.81. The average molecular weight is 579 g/mol. The lowest BCUT2D eigenvalue weighted by Gasteiger charge is -2.25. The fourth-order valence-electron chi connectivity index (χ4n) is 5.71. The largest absolute Gasteiger partial charge is 0.494 e. The maximum Gasteiger partial charge on any atom is 0.228 e. The van der Waals surface area contributed by atoms with Crippen LogP contribution in [0, 0.1) is 26.7 Å². The molecule has 0 saturated carbocycles. The first-order chi connectivity index (χ1) is 19.8. The van der Waals surface area contributed by atoms with Crippen LogP contribution in [0.25, 0.3) is 0 Å². The van der Waals surface area contributed by atoms with Crippen molar-refractivity contribution in [3.8, 4) is 5.75 Å². The molecule has 0 unspecified atom stereocenters. The minimum Gasteiger partial charge on any atom is -0.494 e. The number of nitrogens with zero attached hydrogens (tertiary/aromatic N) is 5. The topological polar surface area (TPSA) is 110 Å². The summed E-state index contributed by atoms with van der Waals surface area (Å²) in [5, 5.41) is 10.4. The molecular weight excluding hydrogens is 540 g/mol. The molecule has 10 nitrogen and oxygen atoms in total. The third kappa shape index (κ3) is 7.13. The van der Waals surface area contributed by atoms with Crippen LogP contribution < -0.4 is 10.1 Å². The van der Waals surface area contributed by atoms with Gasteiger partial charge in [-0.15, -0.1) is 11.3 Å². The molecule has 0 aliphatic carbocycles. The molecule has 1 fully saturated rings. The van der Waals surface area contributed by atoms with Gasteiger partial charge >= 0.3 is 0 Å². The number of hydrogen-bond acceptors (Lipinski definition) is 7. The summed E-state index contributed by atoms with van der Waals surface area (Å²) in [6.07, 6.45) is 1.23. The molecule has 2 aliphatic rings. The first-order valence-corrected chi connectivity index (χ1v) is 15.1. The van der Waals surface area contributed by atoms with Crippen LogP contribution in [0.2, 0.25) is 0 Å². The lowest BCUT2D eigenvalue weighted by atomic mass is 9.88. The van der Waals surface area contributed by atoms with Gasteiger partial charge in [0.05, 0.1) is 35.3 Å². The number of aromatic nitrogens is 3. The van der Waals surface area contributed by atoms with Gasteiger partial charge in [-0.3, -0.25) is 19.1 Å². The maximum absolute atomic E-state index is 13.5. The lowest BCUT2D eigenvalue weighted by molar-refractivity contribution is -0.133. The highest BCUT2D eigenvalue weighted by Gasteiger charge is 2.40. The zero-order valence-corrected chi connectivity index (χ0v) is 24.8.